The monoisotopic (exact) mass is 438 g/mol. The summed E-state index contributed by atoms with van der Waals surface area (Å²) in [6, 6.07) is 12.2. The Labute approximate surface area is 189 Å². The molecule has 1 aliphatic rings. The highest BCUT2D eigenvalue weighted by Crippen LogP contribution is 2.27. The standard InChI is InChI=1S/C25H30N2O5/c1-30-20-11-8-18(9-12-20)16-21(25(29)27-14-6-4-5-7-15-27)26-24(28)19-10-13-22(31-2)23(17-19)32-3/h8-13,16-17H,4-7,14-15H2,1-3H3,(H,26,28)/b21-16-. The van der Waals surface area contributed by atoms with Gasteiger partial charge in [0, 0.05) is 18.7 Å². The minimum Gasteiger partial charge on any atom is -0.497 e. The molecule has 1 fully saturated rings. The van der Waals surface area contributed by atoms with Gasteiger partial charge >= 0.3 is 0 Å². The smallest absolute Gasteiger partial charge is 0.270 e. The van der Waals surface area contributed by atoms with Gasteiger partial charge in [-0.1, -0.05) is 25.0 Å². The van der Waals surface area contributed by atoms with E-state index in [1.54, 1.807) is 31.4 Å². The molecular weight excluding hydrogens is 408 g/mol. The van der Waals surface area contributed by atoms with Gasteiger partial charge in [0.2, 0.25) is 0 Å². The maximum absolute atomic E-state index is 13.3. The van der Waals surface area contributed by atoms with Crippen LogP contribution in [0.1, 0.15) is 41.6 Å². The molecule has 0 radical (unpaired) electrons. The van der Waals surface area contributed by atoms with Crippen LogP contribution in [0, 0.1) is 0 Å². The van der Waals surface area contributed by atoms with Crippen LogP contribution in [0.15, 0.2) is 48.2 Å². The second kappa shape index (κ2) is 11.2. The van der Waals surface area contributed by atoms with Gasteiger partial charge in [0.15, 0.2) is 11.5 Å². The molecule has 0 spiro atoms. The zero-order valence-corrected chi connectivity index (χ0v) is 18.8. The van der Waals surface area contributed by atoms with Gasteiger partial charge in [-0.05, 0) is 54.8 Å². The minimum atomic E-state index is -0.395. The lowest BCUT2D eigenvalue weighted by Crippen LogP contribution is -2.39. The molecule has 2 aromatic carbocycles. The van der Waals surface area contributed by atoms with Gasteiger partial charge in [-0.3, -0.25) is 9.59 Å². The molecular formula is C25H30N2O5. The molecule has 1 heterocycles. The van der Waals surface area contributed by atoms with E-state index in [4.69, 9.17) is 14.2 Å². The molecule has 32 heavy (non-hydrogen) atoms. The first kappa shape index (κ1) is 23.2. The lowest BCUT2D eigenvalue weighted by molar-refractivity contribution is -0.127. The Morgan fingerprint density at radius 2 is 1.50 bits per heavy atom. The van der Waals surface area contributed by atoms with Crippen molar-refractivity contribution in [3.05, 3.63) is 59.3 Å². The van der Waals surface area contributed by atoms with E-state index in [0.29, 0.717) is 30.2 Å². The quantitative estimate of drug-likeness (QED) is 0.664. The van der Waals surface area contributed by atoms with E-state index in [0.717, 1.165) is 37.0 Å². The molecule has 2 amide bonds. The first-order valence-corrected chi connectivity index (χ1v) is 10.7. The highest BCUT2D eigenvalue weighted by Gasteiger charge is 2.22. The normalized spacial score (nSPS) is 14.3. The number of likely N-dealkylation sites (tertiary alicyclic amines) is 1. The van der Waals surface area contributed by atoms with Gasteiger partial charge in [-0.2, -0.15) is 0 Å². The molecule has 0 atom stereocenters. The first-order valence-electron chi connectivity index (χ1n) is 10.7. The van der Waals surface area contributed by atoms with Crippen LogP contribution in [0.5, 0.6) is 17.2 Å². The maximum atomic E-state index is 13.3. The third-order valence-electron chi connectivity index (χ3n) is 5.44. The molecule has 2 aromatic rings. The van der Waals surface area contributed by atoms with Gasteiger partial charge in [-0.15, -0.1) is 0 Å². The number of nitrogens with zero attached hydrogens (tertiary/aromatic N) is 1. The molecule has 0 saturated carbocycles. The van der Waals surface area contributed by atoms with E-state index >= 15 is 0 Å². The first-order chi connectivity index (χ1) is 15.5. The van der Waals surface area contributed by atoms with E-state index in [1.807, 2.05) is 29.2 Å². The van der Waals surface area contributed by atoms with Crippen LogP contribution >= 0.6 is 0 Å². The Bertz CT molecular complexity index is 961. The number of rotatable bonds is 7. The van der Waals surface area contributed by atoms with Gasteiger partial charge in [0.25, 0.3) is 11.8 Å². The summed E-state index contributed by atoms with van der Waals surface area (Å²) >= 11 is 0. The van der Waals surface area contributed by atoms with Crippen molar-refractivity contribution >= 4 is 17.9 Å². The van der Waals surface area contributed by atoms with Crippen LogP contribution in [0.25, 0.3) is 6.08 Å². The molecule has 7 nitrogen and oxygen atoms in total. The Hall–Kier alpha value is -3.48. The molecule has 1 saturated heterocycles. The summed E-state index contributed by atoms with van der Waals surface area (Å²) in [4.78, 5) is 28.2. The Morgan fingerprint density at radius 1 is 0.844 bits per heavy atom. The minimum absolute atomic E-state index is 0.184. The van der Waals surface area contributed by atoms with E-state index in [-0.39, 0.29) is 11.6 Å². The van der Waals surface area contributed by atoms with Crippen molar-refractivity contribution in [2.45, 2.75) is 25.7 Å². The van der Waals surface area contributed by atoms with E-state index in [2.05, 4.69) is 5.32 Å². The van der Waals surface area contributed by atoms with E-state index < -0.39 is 5.91 Å². The number of nitrogens with one attached hydrogen (secondary N) is 1. The second-order valence-electron chi connectivity index (χ2n) is 7.56. The number of hydrogen-bond acceptors (Lipinski definition) is 5. The average Bonchev–Trinajstić information content (AvgIpc) is 3.12. The number of methoxy groups -OCH3 is 3. The molecule has 0 aliphatic carbocycles. The average molecular weight is 439 g/mol. The van der Waals surface area contributed by atoms with Crippen LogP contribution in [0.3, 0.4) is 0 Å². The van der Waals surface area contributed by atoms with Crippen LogP contribution in [-0.2, 0) is 4.79 Å². The fourth-order valence-electron chi connectivity index (χ4n) is 3.63. The van der Waals surface area contributed by atoms with Crippen molar-refractivity contribution < 1.29 is 23.8 Å². The molecule has 3 rings (SSSR count). The summed E-state index contributed by atoms with van der Waals surface area (Å²) in [5, 5.41) is 2.82. The van der Waals surface area contributed by atoms with Crippen molar-refractivity contribution in [1.29, 1.82) is 0 Å². The van der Waals surface area contributed by atoms with Crippen molar-refractivity contribution in [1.82, 2.24) is 10.2 Å². The van der Waals surface area contributed by atoms with Gasteiger partial charge in [-0.25, -0.2) is 0 Å². The predicted molar refractivity (Wildman–Crippen MR) is 123 cm³/mol. The number of benzene rings is 2. The topological polar surface area (TPSA) is 77.1 Å². The summed E-state index contributed by atoms with van der Waals surface area (Å²) in [6.07, 6.45) is 5.85. The van der Waals surface area contributed by atoms with Crippen LogP contribution in [-0.4, -0.2) is 51.1 Å². The summed E-state index contributed by atoms with van der Waals surface area (Å²) in [6.45, 7) is 1.37. The summed E-state index contributed by atoms with van der Waals surface area (Å²) < 4.78 is 15.7. The Morgan fingerprint density at radius 3 is 2.09 bits per heavy atom. The molecule has 170 valence electrons. The molecule has 0 aromatic heterocycles. The number of hydrogen-bond donors (Lipinski definition) is 1. The molecule has 0 unspecified atom stereocenters. The van der Waals surface area contributed by atoms with Gasteiger partial charge < -0.3 is 24.4 Å². The van der Waals surface area contributed by atoms with Crippen molar-refractivity contribution in [3.63, 3.8) is 0 Å². The zero-order valence-electron chi connectivity index (χ0n) is 18.8. The van der Waals surface area contributed by atoms with Crippen LogP contribution in [0.2, 0.25) is 0 Å². The lowest BCUT2D eigenvalue weighted by atomic mass is 10.1. The molecule has 1 N–H and O–H groups in total. The van der Waals surface area contributed by atoms with E-state index in [9.17, 15) is 9.59 Å². The van der Waals surface area contributed by atoms with Crippen molar-refractivity contribution in [3.8, 4) is 17.2 Å². The lowest BCUT2D eigenvalue weighted by Gasteiger charge is -2.22. The number of carbonyl (C=O) groups excluding carboxylic acids is 2. The summed E-state index contributed by atoms with van der Waals surface area (Å²) in [7, 11) is 4.65. The van der Waals surface area contributed by atoms with Crippen molar-refractivity contribution in [2.24, 2.45) is 0 Å². The van der Waals surface area contributed by atoms with Gasteiger partial charge in [0.05, 0.1) is 21.3 Å². The molecule has 0 bridgehead atoms. The van der Waals surface area contributed by atoms with E-state index in [1.165, 1.54) is 14.2 Å². The SMILES string of the molecule is COc1ccc(/C=C(\NC(=O)c2ccc(OC)c(OC)c2)C(=O)N2CCCCCC2)cc1. The van der Waals surface area contributed by atoms with Gasteiger partial charge in [0.1, 0.15) is 11.4 Å². The summed E-state index contributed by atoms with van der Waals surface area (Å²) in [5.74, 6) is 1.11. The zero-order chi connectivity index (χ0) is 22.9. The maximum Gasteiger partial charge on any atom is 0.270 e. The number of carbonyl (C=O) groups is 2. The third kappa shape index (κ3) is 5.81. The highest BCUT2D eigenvalue weighted by molar-refractivity contribution is 6.05. The van der Waals surface area contributed by atoms with Crippen molar-refractivity contribution in [2.75, 3.05) is 34.4 Å². The summed E-state index contributed by atoms with van der Waals surface area (Å²) in [5.41, 5.74) is 1.39. The second-order valence-corrected chi connectivity index (χ2v) is 7.56. The highest BCUT2D eigenvalue weighted by atomic mass is 16.5. The molecule has 1 aliphatic heterocycles. The predicted octanol–water partition coefficient (Wildman–Crippen LogP) is 3.89. The fraction of sp³-hybridized carbons (Fsp3) is 0.360. The number of amides is 2. The Balaban J connectivity index is 1.89. The fourth-order valence-corrected chi connectivity index (χ4v) is 3.63. The Kier molecular flexibility index (Phi) is 8.14. The largest absolute Gasteiger partial charge is 0.497 e. The molecule has 7 heteroatoms. The van der Waals surface area contributed by atoms with Crippen LogP contribution in [0.4, 0.5) is 0 Å². The number of ether oxygens (including phenoxy) is 3. The third-order valence-corrected chi connectivity index (χ3v) is 5.44. The van der Waals surface area contributed by atoms with Crippen LogP contribution < -0.4 is 19.5 Å².